The zero-order valence-corrected chi connectivity index (χ0v) is 9.20. The second-order valence-corrected chi connectivity index (χ2v) is 4.28. The van der Waals surface area contributed by atoms with Gasteiger partial charge >= 0.3 is 0 Å². The Balaban J connectivity index is 2.37. The van der Waals surface area contributed by atoms with Gasteiger partial charge in [-0.2, -0.15) is 0 Å². The van der Waals surface area contributed by atoms with Gasteiger partial charge in [0.15, 0.2) is 0 Å². The van der Waals surface area contributed by atoms with Crippen molar-refractivity contribution >= 4 is 0 Å². The Kier molecular flexibility index (Phi) is 2.91. The Morgan fingerprint density at radius 2 is 2.27 bits per heavy atom. The first-order chi connectivity index (χ1) is 7.22. The van der Waals surface area contributed by atoms with Crippen molar-refractivity contribution in [1.29, 1.82) is 0 Å². The van der Waals surface area contributed by atoms with Gasteiger partial charge in [0, 0.05) is 24.3 Å². The lowest BCUT2D eigenvalue weighted by molar-refractivity contribution is 0.514. The lowest BCUT2D eigenvalue weighted by atomic mass is 10.2. The van der Waals surface area contributed by atoms with E-state index in [0.29, 0.717) is 6.54 Å². The maximum Gasteiger partial charge on any atom is 0.250 e. The second-order valence-electron chi connectivity index (χ2n) is 4.28. The molecule has 0 radical (unpaired) electrons. The maximum absolute atomic E-state index is 11.7. The predicted octanol–water partition coefficient (Wildman–Crippen LogP) is 1.07. The third kappa shape index (κ3) is 1.97. The Labute approximate surface area is 89.9 Å². The van der Waals surface area contributed by atoms with Gasteiger partial charge in [0.2, 0.25) is 0 Å². The van der Waals surface area contributed by atoms with Gasteiger partial charge in [-0.1, -0.05) is 13.0 Å². The molecule has 82 valence electrons. The van der Waals surface area contributed by atoms with Crippen LogP contribution in [0, 0.1) is 0 Å². The molecule has 0 spiro atoms. The van der Waals surface area contributed by atoms with Gasteiger partial charge in [0.25, 0.3) is 5.56 Å². The smallest absolute Gasteiger partial charge is 0.250 e. The van der Waals surface area contributed by atoms with Crippen LogP contribution in [0.4, 0.5) is 0 Å². The first kappa shape index (κ1) is 10.4. The molecule has 0 amide bonds. The van der Waals surface area contributed by atoms with Crippen molar-refractivity contribution in [3.8, 4) is 0 Å². The van der Waals surface area contributed by atoms with Crippen molar-refractivity contribution in [1.82, 2.24) is 4.57 Å². The van der Waals surface area contributed by atoms with Crippen molar-refractivity contribution < 1.29 is 0 Å². The van der Waals surface area contributed by atoms with Crippen LogP contribution in [0.2, 0.25) is 0 Å². The fraction of sp³-hybridized carbons (Fsp3) is 0.583. The molecule has 2 N–H and O–H groups in total. The first-order valence-corrected chi connectivity index (χ1v) is 5.69. The number of aryl methyl sites for hydroxylation is 1. The monoisotopic (exact) mass is 206 g/mol. The third-order valence-corrected chi connectivity index (χ3v) is 3.19. The minimum absolute atomic E-state index is 0.0924. The molecule has 0 saturated heterocycles. The average molecular weight is 206 g/mol. The summed E-state index contributed by atoms with van der Waals surface area (Å²) in [7, 11) is 0. The highest BCUT2D eigenvalue weighted by molar-refractivity contribution is 5.25. The summed E-state index contributed by atoms with van der Waals surface area (Å²) >= 11 is 0. The molecule has 0 fully saturated rings. The van der Waals surface area contributed by atoms with E-state index in [1.54, 1.807) is 6.07 Å². The van der Waals surface area contributed by atoms with Crippen LogP contribution in [0.15, 0.2) is 16.9 Å². The third-order valence-electron chi connectivity index (χ3n) is 3.19. The molecule has 0 aromatic carbocycles. The summed E-state index contributed by atoms with van der Waals surface area (Å²) in [4.78, 5) is 11.7. The Bertz CT molecular complexity index is 409. The molecule has 1 unspecified atom stereocenters. The highest BCUT2D eigenvalue weighted by Gasteiger charge is 2.16. The van der Waals surface area contributed by atoms with E-state index in [-0.39, 0.29) is 11.6 Å². The maximum atomic E-state index is 11.7. The van der Waals surface area contributed by atoms with Crippen molar-refractivity contribution in [2.75, 3.05) is 0 Å². The lowest BCUT2D eigenvalue weighted by Crippen LogP contribution is -2.33. The van der Waals surface area contributed by atoms with Crippen molar-refractivity contribution in [3.63, 3.8) is 0 Å². The van der Waals surface area contributed by atoms with Crippen molar-refractivity contribution in [2.24, 2.45) is 5.73 Å². The average Bonchev–Trinajstić information content (AvgIpc) is 2.70. The molecule has 2 rings (SSSR count). The summed E-state index contributed by atoms with van der Waals surface area (Å²) in [5.41, 5.74) is 8.55. The van der Waals surface area contributed by atoms with E-state index in [1.165, 1.54) is 17.7 Å². The van der Waals surface area contributed by atoms with E-state index in [2.05, 4.69) is 6.92 Å². The molecule has 1 aliphatic carbocycles. The lowest BCUT2D eigenvalue weighted by Gasteiger charge is -2.15. The fourth-order valence-electron chi connectivity index (χ4n) is 2.20. The Morgan fingerprint density at radius 3 is 3.00 bits per heavy atom. The summed E-state index contributed by atoms with van der Waals surface area (Å²) < 4.78 is 1.87. The molecule has 1 aliphatic rings. The van der Waals surface area contributed by atoms with Gasteiger partial charge in [0.1, 0.15) is 0 Å². The van der Waals surface area contributed by atoms with E-state index in [4.69, 9.17) is 5.73 Å². The molecule has 0 bridgehead atoms. The van der Waals surface area contributed by atoms with Gasteiger partial charge in [-0.25, -0.2) is 0 Å². The van der Waals surface area contributed by atoms with Gasteiger partial charge in [-0.3, -0.25) is 4.79 Å². The normalized spacial score (nSPS) is 16.4. The standard InChI is InChI=1S/C12H18N2O/c1-2-10(13)8-14-11-5-3-4-9(11)6-7-12(14)15/h6-7,10H,2-5,8,13H2,1H3. The minimum atomic E-state index is 0.0924. The molecule has 1 aromatic rings. The van der Waals surface area contributed by atoms with E-state index in [1.807, 2.05) is 10.6 Å². The highest BCUT2D eigenvalue weighted by atomic mass is 16.1. The van der Waals surface area contributed by atoms with Crippen LogP contribution < -0.4 is 11.3 Å². The zero-order valence-electron chi connectivity index (χ0n) is 9.20. The minimum Gasteiger partial charge on any atom is -0.326 e. The van der Waals surface area contributed by atoms with Crippen molar-refractivity contribution in [2.45, 2.75) is 45.2 Å². The first-order valence-electron chi connectivity index (χ1n) is 5.69. The Hall–Kier alpha value is -1.09. The van der Waals surface area contributed by atoms with Crippen LogP contribution in [-0.2, 0) is 19.4 Å². The SMILES string of the molecule is CCC(N)Cn1c2c(ccc1=O)CCC2. The van der Waals surface area contributed by atoms with E-state index >= 15 is 0 Å². The van der Waals surface area contributed by atoms with Crippen LogP contribution >= 0.6 is 0 Å². The van der Waals surface area contributed by atoms with Crippen LogP contribution in [0.25, 0.3) is 0 Å². The van der Waals surface area contributed by atoms with Crippen LogP contribution in [0.1, 0.15) is 31.0 Å². The zero-order chi connectivity index (χ0) is 10.8. The molecule has 3 nitrogen and oxygen atoms in total. The second kappa shape index (κ2) is 4.19. The Morgan fingerprint density at radius 1 is 1.47 bits per heavy atom. The number of pyridine rings is 1. The largest absolute Gasteiger partial charge is 0.326 e. The summed E-state index contributed by atoms with van der Waals surface area (Å²) in [6.45, 7) is 2.72. The molecular weight excluding hydrogens is 188 g/mol. The number of aromatic nitrogens is 1. The predicted molar refractivity (Wildman–Crippen MR) is 61.0 cm³/mol. The molecule has 0 aliphatic heterocycles. The molecule has 1 heterocycles. The number of hydrogen-bond donors (Lipinski definition) is 1. The summed E-state index contributed by atoms with van der Waals surface area (Å²) in [6, 6.07) is 3.74. The van der Waals surface area contributed by atoms with E-state index < -0.39 is 0 Å². The van der Waals surface area contributed by atoms with Gasteiger partial charge < -0.3 is 10.3 Å². The topological polar surface area (TPSA) is 48.0 Å². The highest BCUT2D eigenvalue weighted by Crippen LogP contribution is 2.19. The molecule has 3 heteroatoms. The van der Waals surface area contributed by atoms with Crippen LogP contribution in [0.3, 0.4) is 0 Å². The quantitative estimate of drug-likeness (QED) is 0.804. The summed E-state index contributed by atoms with van der Waals surface area (Å²) in [5.74, 6) is 0. The van der Waals surface area contributed by atoms with Crippen LogP contribution in [0.5, 0.6) is 0 Å². The van der Waals surface area contributed by atoms with E-state index in [0.717, 1.165) is 19.3 Å². The van der Waals surface area contributed by atoms with Gasteiger partial charge in [-0.15, -0.1) is 0 Å². The van der Waals surface area contributed by atoms with Crippen molar-refractivity contribution in [3.05, 3.63) is 33.7 Å². The van der Waals surface area contributed by atoms with E-state index in [9.17, 15) is 4.79 Å². The van der Waals surface area contributed by atoms with Gasteiger partial charge in [0.05, 0.1) is 0 Å². The molecule has 15 heavy (non-hydrogen) atoms. The summed E-state index contributed by atoms with van der Waals surface area (Å²) in [5, 5.41) is 0. The fourth-order valence-corrected chi connectivity index (χ4v) is 2.20. The molecular formula is C12H18N2O. The van der Waals surface area contributed by atoms with Crippen LogP contribution in [-0.4, -0.2) is 10.6 Å². The molecule has 0 saturated carbocycles. The van der Waals surface area contributed by atoms with Gasteiger partial charge in [-0.05, 0) is 31.2 Å². The molecule has 1 aromatic heterocycles. The number of hydrogen-bond acceptors (Lipinski definition) is 2. The number of nitrogens with zero attached hydrogens (tertiary/aromatic N) is 1. The summed E-state index contributed by atoms with van der Waals surface area (Å²) in [6.07, 6.45) is 4.22. The number of nitrogens with two attached hydrogens (primary N) is 1. The number of fused-ring (bicyclic) bond motifs is 1. The molecule has 1 atom stereocenters. The number of rotatable bonds is 3.